The Labute approximate surface area is 179 Å². The summed E-state index contributed by atoms with van der Waals surface area (Å²) in [6.07, 6.45) is 0. The number of nitrogens with one attached hydrogen (secondary N) is 2. The molecule has 0 fully saturated rings. The normalized spacial score (nSPS) is 10.6. The van der Waals surface area contributed by atoms with Gasteiger partial charge in [-0.3, -0.25) is 19.3 Å². The van der Waals surface area contributed by atoms with Crippen LogP contribution >= 0.6 is 23.2 Å². The fourth-order valence-electron chi connectivity index (χ4n) is 2.53. The molecule has 2 N–H and O–H groups in total. The monoisotopic (exact) mass is 436 g/mol. The Balaban J connectivity index is 1.90. The number of carbonyl (C=O) groups is 3. The molecule has 0 radical (unpaired) electrons. The van der Waals surface area contributed by atoms with Crippen molar-refractivity contribution in [1.29, 1.82) is 0 Å². The van der Waals surface area contributed by atoms with Crippen molar-refractivity contribution in [3.05, 3.63) is 58.1 Å². The summed E-state index contributed by atoms with van der Waals surface area (Å²) in [7, 11) is 4.95. The number of nitrogens with zero attached hydrogens (tertiary/aromatic N) is 2. The summed E-state index contributed by atoms with van der Waals surface area (Å²) < 4.78 is 0. The zero-order chi connectivity index (χ0) is 21.6. The van der Waals surface area contributed by atoms with E-state index in [1.54, 1.807) is 68.5 Å². The quantitative estimate of drug-likeness (QED) is 0.697. The van der Waals surface area contributed by atoms with Gasteiger partial charge in [-0.15, -0.1) is 0 Å². The molecule has 2 rings (SSSR count). The highest BCUT2D eigenvalue weighted by atomic mass is 35.5. The third-order valence-electron chi connectivity index (χ3n) is 3.85. The molecule has 0 heterocycles. The highest BCUT2D eigenvalue weighted by Crippen LogP contribution is 2.29. The lowest BCUT2D eigenvalue weighted by Gasteiger charge is -2.17. The van der Waals surface area contributed by atoms with Gasteiger partial charge in [0, 0.05) is 25.3 Å². The number of amides is 3. The molecule has 0 bridgehead atoms. The third-order valence-corrected chi connectivity index (χ3v) is 4.48. The molecular formula is C20H22Cl2N4O3. The van der Waals surface area contributed by atoms with Gasteiger partial charge in [-0.25, -0.2) is 0 Å². The van der Waals surface area contributed by atoms with Crippen molar-refractivity contribution < 1.29 is 14.4 Å². The number of carbonyl (C=O) groups excluding carboxylic acids is 3. The number of rotatable bonds is 7. The van der Waals surface area contributed by atoms with Crippen molar-refractivity contribution >= 4 is 52.3 Å². The van der Waals surface area contributed by atoms with E-state index >= 15 is 0 Å². The van der Waals surface area contributed by atoms with Gasteiger partial charge >= 0.3 is 0 Å². The lowest BCUT2D eigenvalue weighted by atomic mass is 10.2. The second-order valence-electron chi connectivity index (χ2n) is 6.65. The second-order valence-corrected chi connectivity index (χ2v) is 7.46. The van der Waals surface area contributed by atoms with Crippen LogP contribution in [0.5, 0.6) is 0 Å². The SMILES string of the molecule is CN(CC(=O)Nc1cccc(C(=O)N(C)C)c1)CC(=O)Nc1c(Cl)cccc1Cl. The Morgan fingerprint density at radius 2 is 1.41 bits per heavy atom. The van der Waals surface area contributed by atoms with Crippen molar-refractivity contribution in [2.24, 2.45) is 0 Å². The first kappa shape index (κ1) is 22.7. The van der Waals surface area contributed by atoms with Crippen molar-refractivity contribution in [1.82, 2.24) is 9.80 Å². The van der Waals surface area contributed by atoms with Crippen LogP contribution in [0.3, 0.4) is 0 Å². The van der Waals surface area contributed by atoms with E-state index in [4.69, 9.17) is 23.2 Å². The van der Waals surface area contributed by atoms with Crippen molar-refractivity contribution in [3.63, 3.8) is 0 Å². The Hall–Kier alpha value is -2.61. The summed E-state index contributed by atoms with van der Waals surface area (Å²) in [6, 6.07) is 11.6. The van der Waals surface area contributed by atoms with Crippen LogP contribution < -0.4 is 10.6 Å². The van der Waals surface area contributed by atoms with E-state index in [0.717, 1.165) is 0 Å². The van der Waals surface area contributed by atoms with Crippen LogP contribution in [0, 0.1) is 0 Å². The van der Waals surface area contributed by atoms with E-state index in [-0.39, 0.29) is 30.8 Å². The van der Waals surface area contributed by atoms with Gasteiger partial charge in [0.05, 0.1) is 28.8 Å². The molecule has 0 unspecified atom stereocenters. The first-order valence-corrected chi connectivity index (χ1v) is 9.47. The van der Waals surface area contributed by atoms with E-state index < -0.39 is 0 Å². The number of para-hydroxylation sites is 1. The van der Waals surface area contributed by atoms with E-state index in [0.29, 0.717) is 27.0 Å². The van der Waals surface area contributed by atoms with Crippen LogP contribution in [0.15, 0.2) is 42.5 Å². The van der Waals surface area contributed by atoms with Crippen LogP contribution in [-0.2, 0) is 9.59 Å². The smallest absolute Gasteiger partial charge is 0.253 e. The molecule has 0 aliphatic rings. The van der Waals surface area contributed by atoms with E-state index in [9.17, 15) is 14.4 Å². The molecule has 29 heavy (non-hydrogen) atoms. The third kappa shape index (κ3) is 6.74. The molecular weight excluding hydrogens is 415 g/mol. The molecule has 0 spiro atoms. The molecule has 0 atom stereocenters. The predicted octanol–water partition coefficient (Wildman–Crippen LogP) is 3.20. The molecule has 2 aromatic rings. The summed E-state index contributed by atoms with van der Waals surface area (Å²) >= 11 is 12.1. The fourth-order valence-corrected chi connectivity index (χ4v) is 3.02. The lowest BCUT2D eigenvalue weighted by molar-refractivity contribution is -0.119. The van der Waals surface area contributed by atoms with Crippen LogP contribution in [0.2, 0.25) is 10.0 Å². The van der Waals surface area contributed by atoms with Gasteiger partial charge in [0.2, 0.25) is 11.8 Å². The standard InChI is InChI=1S/C20H22Cl2N4O3/c1-25(2)20(29)13-6-4-7-14(10-13)23-17(27)11-26(3)12-18(28)24-19-15(21)8-5-9-16(19)22/h4-10H,11-12H2,1-3H3,(H,23,27)(H,24,28). The van der Waals surface area contributed by atoms with Crippen LogP contribution in [0.4, 0.5) is 11.4 Å². The van der Waals surface area contributed by atoms with E-state index in [1.807, 2.05) is 0 Å². The Bertz CT molecular complexity index is 898. The zero-order valence-corrected chi connectivity index (χ0v) is 17.8. The lowest BCUT2D eigenvalue weighted by Crippen LogP contribution is -2.36. The molecule has 3 amide bonds. The number of hydrogen-bond acceptors (Lipinski definition) is 4. The molecule has 0 aliphatic carbocycles. The Morgan fingerprint density at radius 3 is 2.00 bits per heavy atom. The van der Waals surface area contributed by atoms with Gasteiger partial charge in [-0.05, 0) is 37.4 Å². The maximum absolute atomic E-state index is 12.3. The zero-order valence-electron chi connectivity index (χ0n) is 16.3. The molecule has 2 aromatic carbocycles. The Morgan fingerprint density at radius 1 is 0.862 bits per heavy atom. The molecule has 7 nitrogen and oxygen atoms in total. The average Bonchev–Trinajstić information content (AvgIpc) is 2.64. The van der Waals surface area contributed by atoms with Gasteiger partial charge < -0.3 is 15.5 Å². The maximum atomic E-state index is 12.3. The number of benzene rings is 2. The number of anilines is 2. The predicted molar refractivity (Wildman–Crippen MR) is 116 cm³/mol. The van der Waals surface area contributed by atoms with Crippen molar-refractivity contribution in [2.75, 3.05) is 44.9 Å². The minimum absolute atomic E-state index is 0.0183. The number of halogens is 2. The summed E-state index contributed by atoms with van der Waals surface area (Å²) in [4.78, 5) is 39.5. The highest BCUT2D eigenvalue weighted by Gasteiger charge is 2.15. The maximum Gasteiger partial charge on any atom is 0.253 e. The Kier molecular flexibility index (Phi) is 8.01. The van der Waals surface area contributed by atoms with Crippen LogP contribution in [-0.4, -0.2) is 61.8 Å². The molecule has 154 valence electrons. The largest absolute Gasteiger partial charge is 0.345 e. The topological polar surface area (TPSA) is 81.8 Å². The first-order chi connectivity index (χ1) is 13.7. The van der Waals surface area contributed by atoms with E-state index in [2.05, 4.69) is 10.6 Å². The van der Waals surface area contributed by atoms with Gasteiger partial charge in [0.1, 0.15) is 0 Å². The summed E-state index contributed by atoms with van der Waals surface area (Å²) in [5.41, 5.74) is 1.31. The number of hydrogen-bond donors (Lipinski definition) is 2. The van der Waals surface area contributed by atoms with Crippen LogP contribution in [0.25, 0.3) is 0 Å². The fraction of sp³-hybridized carbons (Fsp3) is 0.250. The minimum Gasteiger partial charge on any atom is -0.345 e. The molecule has 0 saturated heterocycles. The summed E-state index contributed by atoms with van der Waals surface area (Å²) in [5.74, 6) is -0.826. The molecule has 9 heteroatoms. The van der Waals surface area contributed by atoms with Crippen molar-refractivity contribution in [2.45, 2.75) is 0 Å². The average molecular weight is 437 g/mol. The molecule has 0 saturated carbocycles. The molecule has 0 aromatic heterocycles. The minimum atomic E-state index is -0.353. The van der Waals surface area contributed by atoms with Crippen LogP contribution in [0.1, 0.15) is 10.4 Å². The van der Waals surface area contributed by atoms with Crippen molar-refractivity contribution in [3.8, 4) is 0 Å². The van der Waals surface area contributed by atoms with Gasteiger partial charge in [0.25, 0.3) is 5.91 Å². The van der Waals surface area contributed by atoms with Gasteiger partial charge in [-0.1, -0.05) is 35.3 Å². The molecule has 0 aliphatic heterocycles. The summed E-state index contributed by atoms with van der Waals surface area (Å²) in [5, 5.41) is 6.03. The highest BCUT2D eigenvalue weighted by molar-refractivity contribution is 6.39. The van der Waals surface area contributed by atoms with E-state index in [1.165, 1.54) is 4.90 Å². The van der Waals surface area contributed by atoms with Gasteiger partial charge in [-0.2, -0.15) is 0 Å². The first-order valence-electron chi connectivity index (χ1n) is 8.71. The summed E-state index contributed by atoms with van der Waals surface area (Å²) in [6.45, 7) is -0.0519. The number of likely N-dealkylation sites (N-methyl/N-ethyl adjacent to an activating group) is 1. The second kappa shape index (κ2) is 10.2. The van der Waals surface area contributed by atoms with Gasteiger partial charge in [0.15, 0.2) is 0 Å².